The van der Waals surface area contributed by atoms with Gasteiger partial charge in [0.2, 0.25) is 0 Å². The Morgan fingerprint density at radius 3 is 2.46 bits per heavy atom. The van der Waals surface area contributed by atoms with Crippen LogP contribution in [0.2, 0.25) is 0 Å². The van der Waals surface area contributed by atoms with Crippen LogP contribution in [0.15, 0.2) is 34.9 Å². The molecule has 0 radical (unpaired) electrons. The highest BCUT2D eigenvalue weighted by atomic mass is 79.9. The summed E-state index contributed by atoms with van der Waals surface area (Å²) in [6, 6.07) is 12.4. The normalized spacial score (nSPS) is 13.3. The quantitative estimate of drug-likeness (QED) is 0.578. The van der Waals surface area contributed by atoms with E-state index >= 15 is 0 Å². The van der Waals surface area contributed by atoms with Crippen LogP contribution in [0.25, 0.3) is 22.0 Å². The summed E-state index contributed by atoms with van der Waals surface area (Å²) in [6.07, 6.45) is 4.55. The number of aryl methyl sites for hydroxylation is 1. The first kappa shape index (κ1) is 14.9. The average molecular weight is 377 g/mol. The van der Waals surface area contributed by atoms with Crippen molar-refractivity contribution in [2.75, 3.05) is 0 Å². The minimum atomic E-state index is 0.629. The van der Waals surface area contributed by atoms with Gasteiger partial charge in [-0.1, -0.05) is 24.3 Å². The van der Waals surface area contributed by atoms with Crippen molar-refractivity contribution in [2.24, 2.45) is 0 Å². The van der Waals surface area contributed by atoms with E-state index in [0.29, 0.717) is 11.1 Å². The Balaban J connectivity index is 2.25. The van der Waals surface area contributed by atoms with E-state index in [1.165, 1.54) is 0 Å². The van der Waals surface area contributed by atoms with Crippen LogP contribution in [0.1, 0.15) is 29.5 Å². The third-order valence-electron chi connectivity index (χ3n) is 4.62. The summed E-state index contributed by atoms with van der Waals surface area (Å²) in [5.41, 5.74) is 4.04. The fourth-order valence-electron chi connectivity index (χ4n) is 3.59. The van der Waals surface area contributed by atoms with Gasteiger partial charge < -0.3 is 0 Å². The van der Waals surface area contributed by atoms with Crippen molar-refractivity contribution in [1.29, 1.82) is 10.5 Å². The largest absolute Gasteiger partial charge is 0.264 e. The van der Waals surface area contributed by atoms with Gasteiger partial charge in [0.1, 0.15) is 12.1 Å². The zero-order valence-corrected chi connectivity index (χ0v) is 14.5. The van der Waals surface area contributed by atoms with Gasteiger partial charge in [0.25, 0.3) is 0 Å². The molecular formula is C19H13BrN4. The highest BCUT2D eigenvalue weighted by molar-refractivity contribution is 9.10. The second-order valence-electron chi connectivity index (χ2n) is 5.89. The lowest BCUT2D eigenvalue weighted by molar-refractivity contribution is 0.555. The van der Waals surface area contributed by atoms with Crippen molar-refractivity contribution < 1.29 is 0 Å². The first-order chi connectivity index (χ1) is 11.8. The lowest BCUT2D eigenvalue weighted by Crippen LogP contribution is -2.10. The number of hydrogen-bond donors (Lipinski definition) is 0. The molecule has 1 aliphatic rings. The lowest BCUT2D eigenvalue weighted by atomic mass is 9.85. The Labute approximate surface area is 148 Å². The van der Waals surface area contributed by atoms with E-state index in [0.717, 1.165) is 57.9 Å². The van der Waals surface area contributed by atoms with E-state index in [4.69, 9.17) is 0 Å². The van der Waals surface area contributed by atoms with Gasteiger partial charge in [0.15, 0.2) is 0 Å². The van der Waals surface area contributed by atoms with E-state index in [-0.39, 0.29) is 0 Å². The van der Waals surface area contributed by atoms with Gasteiger partial charge >= 0.3 is 0 Å². The Bertz CT molecular complexity index is 1050. The summed E-state index contributed by atoms with van der Waals surface area (Å²) in [7, 11) is 0. The number of benzene rings is 2. The second-order valence-corrected chi connectivity index (χ2v) is 6.75. The predicted octanol–water partition coefficient (Wildman–Crippen LogP) is 4.55. The maximum absolute atomic E-state index is 9.89. The van der Waals surface area contributed by atoms with Crippen molar-refractivity contribution >= 4 is 26.7 Å². The molecule has 2 aromatic carbocycles. The molecule has 4 nitrogen and oxygen atoms in total. The molecule has 0 aliphatic carbocycles. The summed E-state index contributed by atoms with van der Waals surface area (Å²) < 4.78 is 2.81. The average Bonchev–Trinajstić information content (AvgIpc) is 2.94. The first-order valence-electron chi connectivity index (χ1n) is 7.85. The smallest absolute Gasteiger partial charge is 0.100 e. The molecule has 5 heteroatoms. The Morgan fingerprint density at radius 1 is 1.04 bits per heavy atom. The zero-order valence-electron chi connectivity index (χ0n) is 12.9. The van der Waals surface area contributed by atoms with Gasteiger partial charge in [0, 0.05) is 22.9 Å². The molecule has 1 aliphatic heterocycles. The maximum atomic E-state index is 9.89. The van der Waals surface area contributed by atoms with Crippen LogP contribution < -0.4 is 0 Å². The SMILES string of the molecule is N#Cc1c2c(c(C#N)c3ccccc13)-c1c(Br)cnn1CCCC2. The van der Waals surface area contributed by atoms with Gasteiger partial charge in [-0.25, -0.2) is 0 Å². The van der Waals surface area contributed by atoms with Crippen LogP contribution in [-0.4, -0.2) is 9.78 Å². The van der Waals surface area contributed by atoms with Crippen LogP contribution in [-0.2, 0) is 13.0 Å². The minimum absolute atomic E-state index is 0.629. The fraction of sp³-hybridized carbons (Fsp3) is 0.211. The number of halogens is 1. The summed E-state index contributed by atoms with van der Waals surface area (Å²) in [5.74, 6) is 0. The molecule has 1 aromatic heterocycles. The number of nitriles is 2. The predicted molar refractivity (Wildman–Crippen MR) is 95.2 cm³/mol. The Hall–Kier alpha value is -2.63. The first-order valence-corrected chi connectivity index (χ1v) is 8.65. The van der Waals surface area contributed by atoms with Crippen LogP contribution >= 0.6 is 15.9 Å². The zero-order chi connectivity index (χ0) is 16.7. The van der Waals surface area contributed by atoms with Crippen LogP contribution in [0, 0.1) is 22.7 Å². The molecule has 0 N–H and O–H groups in total. The maximum Gasteiger partial charge on any atom is 0.100 e. The molecule has 0 amide bonds. The van der Waals surface area contributed by atoms with Gasteiger partial charge in [0.05, 0.1) is 27.5 Å². The summed E-state index contributed by atoms with van der Waals surface area (Å²) in [6.45, 7) is 0.819. The minimum Gasteiger partial charge on any atom is -0.264 e. The summed E-state index contributed by atoms with van der Waals surface area (Å²) >= 11 is 3.58. The molecule has 0 bridgehead atoms. The topological polar surface area (TPSA) is 65.4 Å². The highest BCUT2D eigenvalue weighted by Gasteiger charge is 2.25. The molecule has 4 rings (SSSR count). The van der Waals surface area contributed by atoms with E-state index in [1.54, 1.807) is 6.20 Å². The van der Waals surface area contributed by atoms with Gasteiger partial charge in [-0.05, 0) is 40.8 Å². The molecule has 0 unspecified atom stereocenters. The third kappa shape index (κ3) is 2.06. The van der Waals surface area contributed by atoms with Crippen LogP contribution in [0.5, 0.6) is 0 Å². The third-order valence-corrected chi connectivity index (χ3v) is 5.20. The molecular weight excluding hydrogens is 364 g/mol. The van der Waals surface area contributed by atoms with E-state index in [9.17, 15) is 10.5 Å². The molecule has 0 spiro atoms. The Kier molecular flexibility index (Phi) is 3.59. The molecule has 3 aromatic rings. The van der Waals surface area contributed by atoms with Crippen molar-refractivity contribution in [3.8, 4) is 23.4 Å². The van der Waals surface area contributed by atoms with Crippen molar-refractivity contribution in [3.63, 3.8) is 0 Å². The number of nitrogens with zero attached hydrogens (tertiary/aromatic N) is 4. The molecule has 0 fully saturated rings. The molecule has 116 valence electrons. The molecule has 24 heavy (non-hydrogen) atoms. The monoisotopic (exact) mass is 376 g/mol. The van der Waals surface area contributed by atoms with Gasteiger partial charge in [-0.3, -0.25) is 4.68 Å². The Morgan fingerprint density at radius 2 is 1.75 bits per heavy atom. The molecule has 0 saturated carbocycles. The van der Waals surface area contributed by atoms with Crippen molar-refractivity contribution in [1.82, 2.24) is 9.78 Å². The molecule has 2 heterocycles. The standard InChI is InChI=1S/C19H13BrN4/c20-17-11-23-24-8-4-3-7-14-15(9-21)12-5-1-2-6-13(12)16(10-22)18(14)19(17)24/h1-2,5-6,11H,3-4,7-8H2. The second kappa shape index (κ2) is 5.78. The van der Waals surface area contributed by atoms with E-state index in [1.807, 2.05) is 28.9 Å². The summed E-state index contributed by atoms with van der Waals surface area (Å²) in [4.78, 5) is 0. The number of fused-ring (bicyclic) bond motifs is 4. The number of hydrogen-bond acceptors (Lipinski definition) is 3. The van der Waals surface area contributed by atoms with E-state index in [2.05, 4.69) is 33.2 Å². The van der Waals surface area contributed by atoms with Gasteiger partial charge in [-0.2, -0.15) is 15.6 Å². The number of aromatic nitrogens is 2. The highest BCUT2D eigenvalue weighted by Crippen LogP contribution is 2.41. The van der Waals surface area contributed by atoms with Crippen LogP contribution in [0.3, 0.4) is 0 Å². The summed E-state index contributed by atoms with van der Waals surface area (Å²) in [5, 5.41) is 25.8. The van der Waals surface area contributed by atoms with Crippen molar-refractivity contribution in [2.45, 2.75) is 25.8 Å². The molecule has 0 atom stereocenters. The van der Waals surface area contributed by atoms with E-state index < -0.39 is 0 Å². The fourth-order valence-corrected chi connectivity index (χ4v) is 4.09. The van der Waals surface area contributed by atoms with Crippen molar-refractivity contribution in [3.05, 3.63) is 51.6 Å². The molecule has 0 saturated heterocycles. The van der Waals surface area contributed by atoms with Gasteiger partial charge in [-0.15, -0.1) is 0 Å². The van der Waals surface area contributed by atoms with Crippen LogP contribution in [0.4, 0.5) is 0 Å². The lowest BCUT2D eigenvalue weighted by Gasteiger charge is -2.20. The number of rotatable bonds is 0.